The van der Waals surface area contributed by atoms with Gasteiger partial charge in [-0.25, -0.2) is 4.79 Å². The van der Waals surface area contributed by atoms with Crippen molar-refractivity contribution >= 4 is 27.7 Å². The Bertz CT molecular complexity index is 570. The number of rotatable bonds is 0. The van der Waals surface area contributed by atoms with Crippen LogP contribution in [0.5, 0.6) is 0 Å². The van der Waals surface area contributed by atoms with Gasteiger partial charge in [0, 0.05) is 11.0 Å². The average Bonchev–Trinajstić information content (AvgIpc) is 2.69. The summed E-state index contributed by atoms with van der Waals surface area (Å²) in [5, 5.41) is 9.21. The predicted molar refractivity (Wildman–Crippen MR) is 76.1 cm³/mol. The quantitative estimate of drug-likeness (QED) is 0.733. The lowest BCUT2D eigenvalue weighted by atomic mass is 10.1. The molecule has 0 aliphatic carbocycles. The molecule has 0 saturated carbocycles. The van der Waals surface area contributed by atoms with Crippen molar-refractivity contribution in [1.29, 1.82) is 5.26 Å². The molecule has 1 aromatic rings. The third kappa shape index (κ3) is 2.90. The zero-order valence-corrected chi connectivity index (χ0v) is 12.7. The Labute approximate surface area is 121 Å². The summed E-state index contributed by atoms with van der Waals surface area (Å²) < 4.78 is 6.23. The molecule has 0 radical (unpaired) electrons. The van der Waals surface area contributed by atoms with Crippen molar-refractivity contribution < 1.29 is 9.53 Å². The lowest BCUT2D eigenvalue weighted by Gasteiger charge is -2.25. The van der Waals surface area contributed by atoms with Gasteiger partial charge in [0.05, 0.1) is 11.3 Å². The zero-order valence-electron chi connectivity index (χ0n) is 11.2. The Morgan fingerprint density at radius 1 is 1.47 bits per heavy atom. The van der Waals surface area contributed by atoms with Crippen LogP contribution in [0.4, 0.5) is 10.5 Å². The highest BCUT2D eigenvalue weighted by molar-refractivity contribution is 9.10. The topological polar surface area (TPSA) is 53.3 Å². The van der Waals surface area contributed by atoms with Gasteiger partial charge in [0.25, 0.3) is 0 Å². The lowest BCUT2D eigenvalue weighted by molar-refractivity contribution is 0.0584. The maximum Gasteiger partial charge on any atom is 0.414 e. The fourth-order valence-corrected chi connectivity index (χ4v) is 2.60. The van der Waals surface area contributed by atoms with E-state index < -0.39 is 11.7 Å². The van der Waals surface area contributed by atoms with Gasteiger partial charge in [-0.3, -0.25) is 4.90 Å². The second-order valence-corrected chi connectivity index (χ2v) is 6.37. The SMILES string of the molecule is CC(C)(C)OC(=O)N1CCc2cc(Br)cc(C#N)c21. The first-order valence-electron chi connectivity index (χ1n) is 6.05. The van der Waals surface area contributed by atoms with Gasteiger partial charge in [0.1, 0.15) is 11.7 Å². The minimum absolute atomic E-state index is 0.398. The number of carbonyl (C=O) groups is 1. The fraction of sp³-hybridized carbons (Fsp3) is 0.429. The third-order valence-electron chi connectivity index (χ3n) is 2.76. The summed E-state index contributed by atoms with van der Waals surface area (Å²) in [4.78, 5) is 13.7. The van der Waals surface area contributed by atoms with Crippen molar-refractivity contribution in [2.24, 2.45) is 0 Å². The Morgan fingerprint density at radius 2 is 2.16 bits per heavy atom. The zero-order chi connectivity index (χ0) is 14.2. The van der Waals surface area contributed by atoms with E-state index in [4.69, 9.17) is 4.74 Å². The molecule has 0 atom stereocenters. The molecule has 1 aliphatic rings. The first-order valence-corrected chi connectivity index (χ1v) is 6.84. The second kappa shape index (κ2) is 4.86. The number of nitrogens with zero attached hydrogens (tertiary/aromatic N) is 2. The number of fused-ring (bicyclic) bond motifs is 1. The van der Waals surface area contributed by atoms with Gasteiger partial charge in [0.2, 0.25) is 0 Å². The first kappa shape index (κ1) is 13.9. The van der Waals surface area contributed by atoms with Crippen LogP contribution in [0.25, 0.3) is 0 Å². The molecule has 4 nitrogen and oxygen atoms in total. The summed E-state index contributed by atoms with van der Waals surface area (Å²) >= 11 is 3.38. The molecule has 2 rings (SSSR count). The number of nitriles is 1. The Balaban J connectivity index is 2.37. The van der Waals surface area contributed by atoms with Crippen LogP contribution in [0.2, 0.25) is 0 Å². The Morgan fingerprint density at radius 3 is 2.74 bits per heavy atom. The Hall–Kier alpha value is -1.54. The minimum atomic E-state index is -0.540. The number of ether oxygens (including phenoxy) is 1. The van der Waals surface area contributed by atoms with Crippen LogP contribution >= 0.6 is 15.9 Å². The number of benzene rings is 1. The molecule has 0 N–H and O–H groups in total. The van der Waals surface area contributed by atoms with Crippen molar-refractivity contribution in [3.63, 3.8) is 0 Å². The average molecular weight is 323 g/mol. The predicted octanol–water partition coefficient (Wildman–Crippen LogP) is 3.62. The van der Waals surface area contributed by atoms with Crippen LogP contribution in [0.3, 0.4) is 0 Å². The molecule has 5 heteroatoms. The van der Waals surface area contributed by atoms with Crippen LogP contribution in [0, 0.1) is 11.3 Å². The lowest BCUT2D eigenvalue weighted by Crippen LogP contribution is -2.36. The maximum absolute atomic E-state index is 12.2. The van der Waals surface area contributed by atoms with E-state index in [2.05, 4.69) is 22.0 Å². The van der Waals surface area contributed by atoms with Gasteiger partial charge in [-0.1, -0.05) is 15.9 Å². The van der Waals surface area contributed by atoms with Crippen molar-refractivity contribution in [3.05, 3.63) is 27.7 Å². The van der Waals surface area contributed by atoms with Crippen LogP contribution < -0.4 is 4.90 Å². The third-order valence-corrected chi connectivity index (χ3v) is 3.22. The van der Waals surface area contributed by atoms with Crippen LogP contribution in [-0.4, -0.2) is 18.2 Å². The highest BCUT2D eigenvalue weighted by Crippen LogP contribution is 2.35. The molecule has 1 aromatic carbocycles. The van der Waals surface area contributed by atoms with Gasteiger partial charge < -0.3 is 4.74 Å². The molecule has 1 heterocycles. The van der Waals surface area contributed by atoms with Gasteiger partial charge in [-0.15, -0.1) is 0 Å². The van der Waals surface area contributed by atoms with Crippen LogP contribution in [0.1, 0.15) is 31.9 Å². The highest BCUT2D eigenvalue weighted by atomic mass is 79.9. The van der Waals surface area contributed by atoms with Crippen molar-refractivity contribution in [3.8, 4) is 6.07 Å². The summed E-state index contributed by atoms with van der Waals surface area (Å²) in [6, 6.07) is 5.81. The van der Waals surface area contributed by atoms with Gasteiger partial charge in [-0.05, 0) is 44.9 Å². The molecule has 0 fully saturated rings. The number of anilines is 1. The highest BCUT2D eigenvalue weighted by Gasteiger charge is 2.31. The maximum atomic E-state index is 12.2. The molecule has 0 aromatic heterocycles. The largest absolute Gasteiger partial charge is 0.443 e. The van der Waals surface area contributed by atoms with E-state index in [1.54, 1.807) is 11.0 Å². The van der Waals surface area contributed by atoms with Gasteiger partial charge in [-0.2, -0.15) is 5.26 Å². The normalized spacial score (nSPS) is 13.9. The van der Waals surface area contributed by atoms with Crippen LogP contribution in [-0.2, 0) is 11.2 Å². The summed E-state index contributed by atoms with van der Waals surface area (Å²) in [5.74, 6) is 0. The number of hydrogen-bond acceptors (Lipinski definition) is 3. The van der Waals surface area contributed by atoms with E-state index in [1.807, 2.05) is 26.8 Å². The van der Waals surface area contributed by atoms with E-state index in [1.165, 1.54) is 0 Å². The smallest absolute Gasteiger partial charge is 0.414 e. The summed E-state index contributed by atoms with van der Waals surface area (Å²) in [6.07, 6.45) is 0.341. The van der Waals surface area contributed by atoms with Crippen molar-refractivity contribution in [2.45, 2.75) is 32.8 Å². The molecule has 1 amide bonds. The number of carbonyl (C=O) groups excluding carboxylic acids is 1. The number of hydrogen-bond donors (Lipinski definition) is 0. The number of amides is 1. The van der Waals surface area contributed by atoms with E-state index in [9.17, 15) is 10.1 Å². The molecule has 0 unspecified atom stereocenters. The standard InChI is InChI=1S/C14H15BrN2O2/c1-14(2,3)19-13(18)17-5-4-9-6-11(15)7-10(8-16)12(9)17/h6-7H,4-5H2,1-3H3. The summed E-state index contributed by atoms with van der Waals surface area (Å²) in [6.45, 7) is 6.04. The molecule has 0 bridgehead atoms. The number of halogens is 1. The molecule has 0 saturated heterocycles. The van der Waals surface area contributed by atoms with E-state index in [0.717, 1.165) is 16.5 Å². The summed E-state index contributed by atoms with van der Waals surface area (Å²) in [5.41, 5.74) is 1.63. The van der Waals surface area contributed by atoms with E-state index in [0.29, 0.717) is 17.8 Å². The van der Waals surface area contributed by atoms with E-state index >= 15 is 0 Å². The monoisotopic (exact) mass is 322 g/mol. The van der Waals surface area contributed by atoms with E-state index in [-0.39, 0.29) is 0 Å². The molecule has 1 aliphatic heterocycles. The molecule has 19 heavy (non-hydrogen) atoms. The summed E-state index contributed by atoms with van der Waals surface area (Å²) in [7, 11) is 0. The fourth-order valence-electron chi connectivity index (χ4n) is 2.09. The Kier molecular flexibility index (Phi) is 3.55. The molecular weight excluding hydrogens is 308 g/mol. The first-order chi connectivity index (χ1) is 8.81. The molecule has 100 valence electrons. The van der Waals surface area contributed by atoms with Crippen molar-refractivity contribution in [1.82, 2.24) is 0 Å². The van der Waals surface area contributed by atoms with Crippen LogP contribution in [0.15, 0.2) is 16.6 Å². The van der Waals surface area contributed by atoms with Gasteiger partial charge >= 0.3 is 6.09 Å². The molecule has 0 spiro atoms. The van der Waals surface area contributed by atoms with Gasteiger partial charge in [0.15, 0.2) is 0 Å². The molecular formula is C14H15BrN2O2. The van der Waals surface area contributed by atoms with Crippen molar-refractivity contribution in [2.75, 3.05) is 11.4 Å². The minimum Gasteiger partial charge on any atom is -0.443 e. The second-order valence-electron chi connectivity index (χ2n) is 5.45.